The Balaban J connectivity index is 2.23. The third kappa shape index (κ3) is 2.85. The van der Waals surface area contributed by atoms with Crippen molar-refractivity contribution in [2.24, 2.45) is 0 Å². The predicted molar refractivity (Wildman–Crippen MR) is 69.4 cm³/mol. The van der Waals surface area contributed by atoms with Crippen molar-refractivity contribution in [2.75, 3.05) is 20.3 Å². The average molecular weight is 285 g/mol. The molecule has 6 nitrogen and oxygen atoms in total. The summed E-state index contributed by atoms with van der Waals surface area (Å²) in [6.07, 6.45) is 0.776. The van der Waals surface area contributed by atoms with Crippen molar-refractivity contribution in [3.8, 4) is 0 Å². The van der Waals surface area contributed by atoms with Gasteiger partial charge in [-0.3, -0.25) is 14.9 Å². The summed E-state index contributed by atoms with van der Waals surface area (Å²) in [5, 5.41) is 10.8. The monoisotopic (exact) mass is 284 g/mol. The molecular formula is C12H13ClN2O4. The van der Waals surface area contributed by atoms with Gasteiger partial charge in [0, 0.05) is 25.3 Å². The van der Waals surface area contributed by atoms with E-state index >= 15 is 0 Å². The summed E-state index contributed by atoms with van der Waals surface area (Å²) < 4.78 is 5.22. The lowest BCUT2D eigenvalue weighted by Crippen LogP contribution is -2.37. The highest BCUT2D eigenvalue weighted by Gasteiger charge is 2.26. The van der Waals surface area contributed by atoms with Crippen LogP contribution >= 0.6 is 11.6 Å². The first-order chi connectivity index (χ1) is 9.00. The molecular weight excluding hydrogens is 272 g/mol. The SMILES string of the molecule is CN(C(=O)c1ccc(Cl)c([N+](=O)[O-])c1)C1CCOC1. The molecule has 1 aliphatic heterocycles. The second-order valence-electron chi connectivity index (χ2n) is 4.36. The van der Waals surface area contributed by atoms with Crippen LogP contribution < -0.4 is 0 Å². The number of nitro benzene ring substituents is 1. The van der Waals surface area contributed by atoms with E-state index in [2.05, 4.69) is 0 Å². The lowest BCUT2D eigenvalue weighted by Gasteiger charge is -2.23. The standard InChI is InChI=1S/C12H13ClN2O4/c1-14(9-4-5-19-7-9)12(16)8-2-3-10(13)11(6-8)15(17)18/h2-3,6,9H,4-5,7H2,1H3. The fourth-order valence-electron chi connectivity index (χ4n) is 1.98. The molecule has 7 heteroatoms. The molecule has 1 aromatic rings. The number of likely N-dealkylation sites (N-methyl/N-ethyl adjacent to an activating group) is 1. The Kier molecular flexibility index (Phi) is 4.01. The first kappa shape index (κ1) is 13.8. The van der Waals surface area contributed by atoms with Crippen molar-refractivity contribution in [1.29, 1.82) is 0 Å². The van der Waals surface area contributed by atoms with E-state index in [4.69, 9.17) is 16.3 Å². The minimum absolute atomic E-state index is 0.0160. The van der Waals surface area contributed by atoms with Crippen molar-refractivity contribution < 1.29 is 14.5 Å². The third-order valence-corrected chi connectivity index (χ3v) is 3.48. The molecule has 0 aromatic heterocycles. The zero-order valence-corrected chi connectivity index (χ0v) is 11.1. The largest absolute Gasteiger partial charge is 0.379 e. The zero-order chi connectivity index (χ0) is 14.0. The molecule has 1 aliphatic rings. The van der Waals surface area contributed by atoms with Crippen LogP contribution in [0.3, 0.4) is 0 Å². The summed E-state index contributed by atoms with van der Waals surface area (Å²) in [6, 6.07) is 4.08. The zero-order valence-electron chi connectivity index (χ0n) is 10.3. The number of nitrogens with zero attached hydrogens (tertiary/aromatic N) is 2. The molecule has 0 radical (unpaired) electrons. The van der Waals surface area contributed by atoms with Crippen molar-refractivity contribution in [2.45, 2.75) is 12.5 Å². The fraction of sp³-hybridized carbons (Fsp3) is 0.417. The quantitative estimate of drug-likeness (QED) is 0.629. The highest BCUT2D eigenvalue weighted by Crippen LogP contribution is 2.26. The van der Waals surface area contributed by atoms with Crippen LogP contribution in [0.5, 0.6) is 0 Å². The lowest BCUT2D eigenvalue weighted by molar-refractivity contribution is -0.384. The number of rotatable bonds is 3. The Morgan fingerprint density at radius 1 is 1.58 bits per heavy atom. The van der Waals surface area contributed by atoms with Crippen LogP contribution in [-0.4, -0.2) is 42.0 Å². The number of carbonyl (C=O) groups is 1. The van der Waals surface area contributed by atoms with Gasteiger partial charge in [-0.15, -0.1) is 0 Å². The Morgan fingerprint density at radius 3 is 2.89 bits per heavy atom. The summed E-state index contributed by atoms with van der Waals surface area (Å²) >= 11 is 5.72. The number of halogens is 1. The second-order valence-corrected chi connectivity index (χ2v) is 4.76. The van der Waals surface area contributed by atoms with E-state index in [0.717, 1.165) is 6.42 Å². The highest BCUT2D eigenvalue weighted by molar-refractivity contribution is 6.32. The van der Waals surface area contributed by atoms with E-state index in [1.807, 2.05) is 0 Å². The predicted octanol–water partition coefficient (Wildman–Crippen LogP) is 2.11. The summed E-state index contributed by atoms with van der Waals surface area (Å²) in [6.45, 7) is 1.13. The fourth-order valence-corrected chi connectivity index (χ4v) is 2.17. The average Bonchev–Trinajstić information content (AvgIpc) is 2.91. The van der Waals surface area contributed by atoms with Crippen LogP contribution in [0.25, 0.3) is 0 Å². The second kappa shape index (κ2) is 5.54. The van der Waals surface area contributed by atoms with Gasteiger partial charge in [0.25, 0.3) is 11.6 Å². The summed E-state index contributed by atoms with van der Waals surface area (Å²) in [4.78, 5) is 24.0. The number of carbonyl (C=O) groups excluding carboxylic acids is 1. The normalized spacial score (nSPS) is 18.3. The van der Waals surface area contributed by atoms with Gasteiger partial charge in [-0.05, 0) is 18.6 Å². The minimum atomic E-state index is -0.599. The van der Waals surface area contributed by atoms with Gasteiger partial charge in [0.15, 0.2) is 0 Å². The van der Waals surface area contributed by atoms with Crippen molar-refractivity contribution in [3.63, 3.8) is 0 Å². The molecule has 1 atom stereocenters. The van der Waals surface area contributed by atoms with Crippen molar-refractivity contribution in [1.82, 2.24) is 4.90 Å². The van der Waals surface area contributed by atoms with Gasteiger partial charge >= 0.3 is 0 Å². The molecule has 0 aliphatic carbocycles. The van der Waals surface area contributed by atoms with Gasteiger partial charge < -0.3 is 9.64 Å². The lowest BCUT2D eigenvalue weighted by atomic mass is 10.1. The molecule has 1 amide bonds. The molecule has 1 aromatic carbocycles. The summed E-state index contributed by atoms with van der Waals surface area (Å²) in [5.41, 5.74) is -0.00547. The first-order valence-electron chi connectivity index (χ1n) is 5.79. The molecule has 102 valence electrons. The van der Waals surface area contributed by atoms with Crippen LogP contribution in [0.1, 0.15) is 16.8 Å². The van der Waals surface area contributed by atoms with Gasteiger partial charge in [0.2, 0.25) is 0 Å². The number of nitro groups is 1. The van der Waals surface area contributed by atoms with Crippen molar-refractivity contribution in [3.05, 3.63) is 38.9 Å². The Morgan fingerprint density at radius 2 is 2.32 bits per heavy atom. The molecule has 0 bridgehead atoms. The summed E-state index contributed by atoms with van der Waals surface area (Å²) in [5.74, 6) is -0.268. The topological polar surface area (TPSA) is 72.7 Å². The minimum Gasteiger partial charge on any atom is -0.379 e. The van der Waals surface area contributed by atoms with E-state index in [-0.39, 0.29) is 28.2 Å². The van der Waals surface area contributed by atoms with Gasteiger partial charge in [0.05, 0.1) is 17.6 Å². The molecule has 0 saturated carbocycles. The van der Waals surface area contributed by atoms with Crippen LogP contribution in [0.4, 0.5) is 5.69 Å². The molecule has 0 N–H and O–H groups in total. The molecule has 1 fully saturated rings. The third-order valence-electron chi connectivity index (χ3n) is 3.16. The number of ether oxygens (including phenoxy) is 1. The molecule has 1 unspecified atom stereocenters. The van der Waals surface area contributed by atoms with Gasteiger partial charge in [-0.2, -0.15) is 0 Å². The van der Waals surface area contributed by atoms with Gasteiger partial charge in [-0.25, -0.2) is 0 Å². The first-order valence-corrected chi connectivity index (χ1v) is 6.17. The number of hydrogen-bond donors (Lipinski definition) is 0. The van der Waals surface area contributed by atoms with E-state index < -0.39 is 4.92 Å². The summed E-state index contributed by atoms with van der Waals surface area (Å²) in [7, 11) is 1.67. The maximum Gasteiger partial charge on any atom is 0.288 e. The molecule has 19 heavy (non-hydrogen) atoms. The Labute approximate surface area is 115 Å². The Hall–Kier alpha value is -1.66. The van der Waals surface area contributed by atoms with Crippen LogP contribution in [0, 0.1) is 10.1 Å². The van der Waals surface area contributed by atoms with Gasteiger partial charge in [0.1, 0.15) is 5.02 Å². The number of benzene rings is 1. The maximum atomic E-state index is 12.2. The van der Waals surface area contributed by atoms with Gasteiger partial charge in [-0.1, -0.05) is 11.6 Å². The van der Waals surface area contributed by atoms with E-state index in [9.17, 15) is 14.9 Å². The van der Waals surface area contributed by atoms with Crippen LogP contribution in [0.15, 0.2) is 18.2 Å². The molecule has 0 spiro atoms. The molecule has 2 rings (SSSR count). The van der Waals surface area contributed by atoms with Crippen molar-refractivity contribution >= 4 is 23.2 Å². The number of amides is 1. The van der Waals surface area contributed by atoms with Crippen LogP contribution in [-0.2, 0) is 4.74 Å². The van der Waals surface area contributed by atoms with E-state index in [0.29, 0.717) is 13.2 Å². The Bertz CT molecular complexity index is 514. The smallest absolute Gasteiger partial charge is 0.288 e. The molecule has 1 heterocycles. The highest BCUT2D eigenvalue weighted by atomic mass is 35.5. The van der Waals surface area contributed by atoms with E-state index in [1.165, 1.54) is 18.2 Å². The van der Waals surface area contributed by atoms with E-state index in [1.54, 1.807) is 11.9 Å². The molecule has 1 saturated heterocycles. The number of hydrogen-bond acceptors (Lipinski definition) is 4. The maximum absolute atomic E-state index is 12.2. The van der Waals surface area contributed by atoms with Crippen LogP contribution in [0.2, 0.25) is 5.02 Å².